The minimum absolute atomic E-state index is 0.341. The summed E-state index contributed by atoms with van der Waals surface area (Å²) in [5, 5.41) is 2.85. The molecule has 0 saturated carbocycles. The van der Waals surface area contributed by atoms with E-state index < -0.39 is 12.2 Å². The van der Waals surface area contributed by atoms with Crippen LogP contribution >= 0.6 is 0 Å². The minimum Gasteiger partial charge on any atom is -0.302 e. The average Bonchev–Trinajstić information content (AvgIpc) is 2.26. The van der Waals surface area contributed by atoms with Gasteiger partial charge < -0.3 is 14.4 Å². The van der Waals surface area contributed by atoms with Crippen molar-refractivity contribution in [2.45, 2.75) is 31.6 Å². The molecule has 14 heavy (non-hydrogen) atoms. The zero-order chi connectivity index (χ0) is 10.6. The number of carbonyl (C=O) groups excluding carboxylic acids is 3. The molecule has 0 bridgehead atoms. The van der Waals surface area contributed by atoms with E-state index in [0.717, 1.165) is 18.9 Å². The van der Waals surface area contributed by atoms with Crippen LogP contribution in [-0.2, 0) is 14.4 Å². The first-order valence-electron chi connectivity index (χ1n) is 4.64. The second-order valence-electron chi connectivity index (χ2n) is 3.26. The number of hydrogen-bond donors (Lipinski definition) is 1. The van der Waals surface area contributed by atoms with E-state index in [2.05, 4.69) is 5.32 Å². The second-order valence-corrected chi connectivity index (χ2v) is 3.26. The number of likely N-dealkylation sites (N-methyl/N-ethyl adjacent to an activating group) is 1. The SMILES string of the molecule is CCN1C(C=O)CC(C=O)NC1C=O. The number of nitrogens with one attached hydrogen (secondary N) is 1. The molecule has 1 aliphatic heterocycles. The molecular weight excluding hydrogens is 184 g/mol. The van der Waals surface area contributed by atoms with Gasteiger partial charge in [0.25, 0.3) is 0 Å². The first kappa shape index (κ1) is 11.0. The zero-order valence-corrected chi connectivity index (χ0v) is 8.05. The topological polar surface area (TPSA) is 66.5 Å². The zero-order valence-electron chi connectivity index (χ0n) is 8.05. The summed E-state index contributed by atoms with van der Waals surface area (Å²) in [6.45, 7) is 2.47. The highest BCUT2D eigenvalue weighted by Gasteiger charge is 2.33. The summed E-state index contributed by atoms with van der Waals surface area (Å²) in [4.78, 5) is 33.8. The second kappa shape index (κ2) is 4.97. The third-order valence-corrected chi connectivity index (χ3v) is 2.48. The number of carbonyl (C=O) groups is 3. The summed E-state index contributed by atoms with van der Waals surface area (Å²) in [7, 11) is 0. The Morgan fingerprint density at radius 2 is 2.00 bits per heavy atom. The summed E-state index contributed by atoms with van der Waals surface area (Å²) >= 11 is 0. The van der Waals surface area contributed by atoms with Crippen LogP contribution in [0.5, 0.6) is 0 Å². The molecule has 3 unspecified atom stereocenters. The van der Waals surface area contributed by atoms with Crippen molar-refractivity contribution in [2.75, 3.05) is 6.54 Å². The fraction of sp³-hybridized carbons (Fsp3) is 0.667. The van der Waals surface area contributed by atoms with Gasteiger partial charge in [-0.15, -0.1) is 0 Å². The van der Waals surface area contributed by atoms with Crippen LogP contribution in [0.25, 0.3) is 0 Å². The van der Waals surface area contributed by atoms with Gasteiger partial charge in [0.05, 0.1) is 12.1 Å². The molecule has 1 rings (SSSR count). The Hall–Kier alpha value is -1.07. The molecule has 1 saturated heterocycles. The van der Waals surface area contributed by atoms with Crippen molar-refractivity contribution in [1.82, 2.24) is 10.2 Å². The smallest absolute Gasteiger partial charge is 0.151 e. The van der Waals surface area contributed by atoms with Gasteiger partial charge in [0.15, 0.2) is 6.29 Å². The summed E-state index contributed by atoms with van der Waals surface area (Å²) < 4.78 is 0. The van der Waals surface area contributed by atoms with Gasteiger partial charge in [-0.3, -0.25) is 10.2 Å². The lowest BCUT2D eigenvalue weighted by Gasteiger charge is -2.39. The van der Waals surface area contributed by atoms with Crippen molar-refractivity contribution in [3.05, 3.63) is 0 Å². The Kier molecular flexibility index (Phi) is 3.91. The van der Waals surface area contributed by atoms with E-state index in [1.165, 1.54) is 0 Å². The first-order chi connectivity index (χ1) is 6.76. The van der Waals surface area contributed by atoms with Crippen LogP contribution in [-0.4, -0.2) is 48.6 Å². The molecule has 1 aliphatic rings. The van der Waals surface area contributed by atoms with Crippen molar-refractivity contribution >= 4 is 18.9 Å². The third kappa shape index (κ3) is 2.05. The van der Waals surface area contributed by atoms with Gasteiger partial charge in [0.1, 0.15) is 18.7 Å². The molecule has 0 radical (unpaired) electrons. The van der Waals surface area contributed by atoms with Crippen molar-refractivity contribution in [3.8, 4) is 0 Å². The fourth-order valence-corrected chi connectivity index (χ4v) is 1.76. The Labute approximate surface area is 82.4 Å². The van der Waals surface area contributed by atoms with E-state index in [1.807, 2.05) is 6.92 Å². The third-order valence-electron chi connectivity index (χ3n) is 2.48. The molecule has 1 N–H and O–H groups in total. The fourth-order valence-electron chi connectivity index (χ4n) is 1.76. The number of aldehydes is 3. The van der Waals surface area contributed by atoms with Gasteiger partial charge in [-0.25, -0.2) is 0 Å². The Balaban J connectivity index is 2.77. The summed E-state index contributed by atoms with van der Waals surface area (Å²) in [5.74, 6) is 0. The van der Waals surface area contributed by atoms with Crippen molar-refractivity contribution in [1.29, 1.82) is 0 Å². The van der Waals surface area contributed by atoms with Crippen LogP contribution in [0.3, 0.4) is 0 Å². The van der Waals surface area contributed by atoms with Gasteiger partial charge in [-0.1, -0.05) is 6.92 Å². The molecule has 0 aromatic heterocycles. The molecule has 0 aromatic carbocycles. The van der Waals surface area contributed by atoms with E-state index in [0.29, 0.717) is 13.0 Å². The maximum atomic E-state index is 10.8. The lowest BCUT2D eigenvalue weighted by Crippen LogP contribution is -2.61. The molecule has 5 nitrogen and oxygen atoms in total. The van der Waals surface area contributed by atoms with Crippen molar-refractivity contribution in [2.24, 2.45) is 0 Å². The molecule has 0 amide bonds. The molecule has 3 atom stereocenters. The minimum atomic E-state index is -0.529. The van der Waals surface area contributed by atoms with Crippen molar-refractivity contribution in [3.63, 3.8) is 0 Å². The molecule has 5 heteroatoms. The van der Waals surface area contributed by atoms with Crippen LogP contribution in [0.1, 0.15) is 13.3 Å². The van der Waals surface area contributed by atoms with Gasteiger partial charge in [0, 0.05) is 0 Å². The number of nitrogens with zero attached hydrogens (tertiary/aromatic N) is 1. The molecule has 0 spiro atoms. The van der Waals surface area contributed by atoms with Crippen LogP contribution in [0.4, 0.5) is 0 Å². The molecule has 1 heterocycles. The monoisotopic (exact) mass is 198 g/mol. The van der Waals surface area contributed by atoms with Crippen LogP contribution < -0.4 is 5.32 Å². The molecule has 0 aliphatic carbocycles. The number of hydrogen-bond acceptors (Lipinski definition) is 5. The lowest BCUT2D eigenvalue weighted by atomic mass is 10.0. The van der Waals surface area contributed by atoms with Gasteiger partial charge >= 0.3 is 0 Å². The van der Waals surface area contributed by atoms with Gasteiger partial charge in [-0.2, -0.15) is 0 Å². The maximum absolute atomic E-state index is 10.8. The Morgan fingerprint density at radius 3 is 2.43 bits per heavy atom. The largest absolute Gasteiger partial charge is 0.302 e. The van der Waals surface area contributed by atoms with Crippen LogP contribution in [0, 0.1) is 0 Å². The molecule has 78 valence electrons. The van der Waals surface area contributed by atoms with E-state index in [4.69, 9.17) is 0 Å². The highest BCUT2D eigenvalue weighted by molar-refractivity contribution is 5.67. The molecular formula is C9H14N2O3. The number of rotatable bonds is 4. The Morgan fingerprint density at radius 1 is 1.29 bits per heavy atom. The summed E-state index contributed by atoms with van der Waals surface area (Å²) in [6, 6.07) is -0.741. The summed E-state index contributed by atoms with van der Waals surface area (Å²) in [5.41, 5.74) is 0. The van der Waals surface area contributed by atoms with E-state index in [-0.39, 0.29) is 6.04 Å². The highest BCUT2D eigenvalue weighted by Crippen LogP contribution is 2.13. The van der Waals surface area contributed by atoms with Crippen molar-refractivity contribution < 1.29 is 14.4 Å². The van der Waals surface area contributed by atoms with E-state index >= 15 is 0 Å². The molecule has 1 fully saturated rings. The average molecular weight is 198 g/mol. The maximum Gasteiger partial charge on any atom is 0.151 e. The lowest BCUT2D eigenvalue weighted by molar-refractivity contribution is -0.124. The standard InChI is InChI=1S/C9H14N2O3/c1-2-11-8(5-13)3-7(4-12)10-9(11)6-14/h4-10H,2-3H2,1H3. The predicted octanol–water partition coefficient (Wildman–Crippen LogP) is -1.04. The molecule has 0 aromatic rings. The van der Waals surface area contributed by atoms with Crippen LogP contribution in [0.2, 0.25) is 0 Å². The predicted molar refractivity (Wildman–Crippen MR) is 49.7 cm³/mol. The van der Waals surface area contributed by atoms with E-state index in [1.54, 1.807) is 4.90 Å². The normalized spacial score (nSPS) is 33.6. The van der Waals surface area contributed by atoms with Crippen LogP contribution in [0.15, 0.2) is 0 Å². The van der Waals surface area contributed by atoms with E-state index in [9.17, 15) is 14.4 Å². The quantitative estimate of drug-likeness (QED) is 0.584. The highest BCUT2D eigenvalue weighted by atomic mass is 16.1. The summed E-state index contributed by atoms with van der Waals surface area (Å²) in [6.07, 6.45) is 2.15. The van der Waals surface area contributed by atoms with Gasteiger partial charge in [-0.05, 0) is 13.0 Å². The Bertz CT molecular complexity index is 214. The van der Waals surface area contributed by atoms with Gasteiger partial charge in [0.2, 0.25) is 0 Å². The first-order valence-corrected chi connectivity index (χ1v) is 4.64.